The minimum absolute atomic E-state index is 0.247. The number of allylic oxidation sites excluding steroid dienone is 1. The van der Waals surface area contributed by atoms with E-state index in [0.717, 1.165) is 0 Å². The summed E-state index contributed by atoms with van der Waals surface area (Å²) in [5.41, 5.74) is 17.1. The van der Waals surface area contributed by atoms with Crippen LogP contribution >= 0.6 is 0 Å². The van der Waals surface area contributed by atoms with Gasteiger partial charge in [-0.2, -0.15) is 0 Å². The van der Waals surface area contributed by atoms with Crippen LogP contribution in [0.5, 0.6) is 0 Å². The number of nitrogens with zero attached hydrogens (tertiary/aromatic N) is 1. The lowest BCUT2D eigenvalue weighted by atomic mass is 10.0. The Kier molecular flexibility index (Phi) is 2.02. The van der Waals surface area contributed by atoms with Crippen LogP contribution < -0.4 is 17.2 Å². The van der Waals surface area contributed by atoms with Gasteiger partial charge in [-0.05, 0) is 17.3 Å². The van der Waals surface area contributed by atoms with Gasteiger partial charge in [-0.1, -0.05) is 0 Å². The predicted octanol–water partition coefficient (Wildman–Crippen LogP) is -0.852. The molecule has 0 heterocycles. The van der Waals surface area contributed by atoms with E-state index in [1.807, 2.05) is 0 Å². The second-order valence-electron chi connectivity index (χ2n) is 2.43. The van der Waals surface area contributed by atoms with Crippen molar-refractivity contribution in [3.8, 4) is 0 Å². The van der Waals surface area contributed by atoms with Gasteiger partial charge in [-0.3, -0.25) is 0 Å². The predicted molar refractivity (Wildman–Crippen MR) is 42.1 cm³/mol. The zero-order valence-electron chi connectivity index (χ0n) is 5.90. The van der Waals surface area contributed by atoms with Crippen molar-refractivity contribution in [3.05, 3.63) is 28.5 Å². The Morgan fingerprint density at radius 1 is 1.45 bits per heavy atom. The van der Waals surface area contributed by atoms with E-state index < -0.39 is 12.1 Å². The second-order valence-corrected chi connectivity index (χ2v) is 2.43. The number of hydrogen-bond acceptors (Lipinski definition) is 5. The molecule has 0 radical (unpaired) electrons. The summed E-state index contributed by atoms with van der Waals surface area (Å²) in [6.45, 7) is 0. The first-order chi connectivity index (χ1) is 5.15. The Morgan fingerprint density at radius 2 is 2.09 bits per heavy atom. The molecule has 6 N–H and O–H groups in total. The van der Waals surface area contributed by atoms with Crippen molar-refractivity contribution in [2.75, 3.05) is 0 Å². The van der Waals surface area contributed by atoms with Crippen LogP contribution in [0.25, 0.3) is 0 Å². The van der Waals surface area contributed by atoms with Gasteiger partial charge in [0.15, 0.2) is 0 Å². The molecule has 5 nitrogen and oxygen atoms in total. The van der Waals surface area contributed by atoms with Crippen molar-refractivity contribution in [3.63, 3.8) is 0 Å². The zero-order valence-corrected chi connectivity index (χ0v) is 5.90. The summed E-state index contributed by atoms with van der Waals surface area (Å²) in [6.07, 6.45) is 2.93. The molecule has 0 saturated heterocycles. The average Bonchev–Trinajstić information content (AvgIpc) is 1.99. The molecule has 1 aliphatic carbocycles. The third-order valence-electron chi connectivity index (χ3n) is 1.58. The Balaban J connectivity index is 2.90. The molecule has 0 bridgehead atoms. The summed E-state index contributed by atoms with van der Waals surface area (Å²) in [6, 6.07) is -0.812. The summed E-state index contributed by atoms with van der Waals surface area (Å²) in [4.78, 5) is 10.0. The van der Waals surface area contributed by atoms with Crippen LogP contribution in [0, 0.1) is 4.91 Å². The fraction of sp³-hybridized carbons (Fsp3) is 0.333. The van der Waals surface area contributed by atoms with Gasteiger partial charge in [0.1, 0.15) is 5.70 Å². The summed E-state index contributed by atoms with van der Waals surface area (Å²) < 4.78 is 0. The maximum absolute atomic E-state index is 10.0. The third-order valence-corrected chi connectivity index (χ3v) is 1.58. The Labute approximate surface area is 63.9 Å². The SMILES string of the molecule is NC1=CC(N=O)=CC(N)C1N. The minimum atomic E-state index is -0.410. The molecular formula is C6H10N4O. The van der Waals surface area contributed by atoms with E-state index in [9.17, 15) is 4.91 Å². The normalized spacial score (nSPS) is 30.7. The Bertz CT molecular complexity index is 233. The van der Waals surface area contributed by atoms with Crippen LogP contribution in [0.1, 0.15) is 0 Å². The first-order valence-electron chi connectivity index (χ1n) is 3.18. The largest absolute Gasteiger partial charge is 0.401 e. The summed E-state index contributed by atoms with van der Waals surface area (Å²) in [7, 11) is 0. The van der Waals surface area contributed by atoms with Crippen LogP contribution in [0.15, 0.2) is 28.7 Å². The monoisotopic (exact) mass is 154 g/mol. The molecule has 0 spiro atoms. The fourth-order valence-corrected chi connectivity index (χ4v) is 0.895. The Morgan fingerprint density at radius 3 is 2.55 bits per heavy atom. The van der Waals surface area contributed by atoms with Crippen LogP contribution in [0.2, 0.25) is 0 Å². The van der Waals surface area contributed by atoms with Crippen molar-refractivity contribution in [1.82, 2.24) is 0 Å². The lowest BCUT2D eigenvalue weighted by molar-refractivity contribution is 0.653. The first-order valence-corrected chi connectivity index (χ1v) is 3.18. The molecule has 0 saturated carbocycles. The zero-order chi connectivity index (χ0) is 8.43. The van der Waals surface area contributed by atoms with Crippen molar-refractivity contribution < 1.29 is 0 Å². The quantitative estimate of drug-likeness (QED) is 0.427. The van der Waals surface area contributed by atoms with Crippen molar-refractivity contribution in [2.24, 2.45) is 22.4 Å². The van der Waals surface area contributed by atoms with Gasteiger partial charge in [0.25, 0.3) is 0 Å². The number of nitrogens with two attached hydrogens (primary N) is 3. The summed E-state index contributed by atoms with van der Waals surface area (Å²) in [5, 5.41) is 2.70. The highest BCUT2D eigenvalue weighted by molar-refractivity contribution is 5.32. The van der Waals surface area contributed by atoms with Gasteiger partial charge in [0.05, 0.1) is 6.04 Å². The molecule has 1 aliphatic rings. The summed E-state index contributed by atoms with van der Waals surface area (Å²) in [5.74, 6) is 0. The highest BCUT2D eigenvalue weighted by atomic mass is 16.3. The van der Waals surface area contributed by atoms with Gasteiger partial charge in [-0.15, -0.1) is 4.91 Å². The molecule has 0 amide bonds. The molecule has 1 rings (SSSR count). The smallest absolute Gasteiger partial charge is 0.107 e. The first kappa shape index (κ1) is 7.90. The number of hydrogen-bond donors (Lipinski definition) is 3. The van der Waals surface area contributed by atoms with E-state index in [1.165, 1.54) is 12.2 Å². The molecule has 2 unspecified atom stereocenters. The molecule has 11 heavy (non-hydrogen) atoms. The Hall–Kier alpha value is -1.20. The maximum Gasteiger partial charge on any atom is 0.107 e. The lowest BCUT2D eigenvalue weighted by Crippen LogP contribution is -2.45. The van der Waals surface area contributed by atoms with Crippen molar-refractivity contribution in [1.29, 1.82) is 0 Å². The van der Waals surface area contributed by atoms with Crippen molar-refractivity contribution in [2.45, 2.75) is 12.1 Å². The highest BCUT2D eigenvalue weighted by Crippen LogP contribution is 2.12. The van der Waals surface area contributed by atoms with E-state index in [4.69, 9.17) is 17.2 Å². The van der Waals surface area contributed by atoms with E-state index in [1.54, 1.807) is 0 Å². The molecule has 0 fully saturated rings. The van der Waals surface area contributed by atoms with Crippen LogP contribution in [0.3, 0.4) is 0 Å². The van der Waals surface area contributed by atoms with E-state index >= 15 is 0 Å². The van der Waals surface area contributed by atoms with Crippen molar-refractivity contribution >= 4 is 0 Å². The molecule has 2 atom stereocenters. The molecule has 0 aromatic heterocycles. The van der Waals surface area contributed by atoms with E-state index in [0.29, 0.717) is 5.70 Å². The molecule has 0 aromatic rings. The van der Waals surface area contributed by atoms with Crippen LogP contribution in [0.4, 0.5) is 0 Å². The van der Waals surface area contributed by atoms with Crippen LogP contribution in [-0.4, -0.2) is 12.1 Å². The summed E-state index contributed by atoms with van der Waals surface area (Å²) >= 11 is 0. The van der Waals surface area contributed by atoms with Crippen LogP contribution in [-0.2, 0) is 0 Å². The van der Waals surface area contributed by atoms with E-state index in [2.05, 4.69) is 5.18 Å². The van der Waals surface area contributed by atoms with E-state index in [-0.39, 0.29) is 5.70 Å². The molecular weight excluding hydrogens is 144 g/mol. The average molecular weight is 154 g/mol. The molecule has 0 aliphatic heterocycles. The molecule has 60 valence electrons. The fourth-order valence-electron chi connectivity index (χ4n) is 0.895. The lowest BCUT2D eigenvalue weighted by Gasteiger charge is -2.20. The molecule has 0 aromatic carbocycles. The third kappa shape index (κ3) is 1.44. The van der Waals surface area contributed by atoms with Gasteiger partial charge in [0, 0.05) is 11.7 Å². The van der Waals surface area contributed by atoms with Gasteiger partial charge < -0.3 is 17.2 Å². The maximum atomic E-state index is 10.0. The standard InChI is InChI=1S/C6H10N4O/c7-4-1-3(10-11)2-5(8)6(4)9/h1-2,4,6H,7-9H2. The minimum Gasteiger partial charge on any atom is -0.401 e. The van der Waals surface area contributed by atoms with Gasteiger partial charge >= 0.3 is 0 Å². The number of rotatable bonds is 1. The second kappa shape index (κ2) is 2.81. The highest BCUT2D eigenvalue weighted by Gasteiger charge is 2.18. The van der Waals surface area contributed by atoms with Gasteiger partial charge in [-0.25, -0.2) is 0 Å². The number of nitroso groups, excluding NO2 is 1. The molecule has 5 heteroatoms. The topological polar surface area (TPSA) is 107 Å². The van der Waals surface area contributed by atoms with Gasteiger partial charge in [0.2, 0.25) is 0 Å².